The Morgan fingerprint density at radius 2 is 2.20 bits per heavy atom. The van der Waals surface area contributed by atoms with Gasteiger partial charge in [-0.15, -0.1) is 0 Å². The molecule has 0 unspecified atom stereocenters. The third-order valence-electron chi connectivity index (χ3n) is 2.18. The summed E-state index contributed by atoms with van der Waals surface area (Å²) >= 11 is 0. The van der Waals surface area contributed by atoms with Crippen molar-refractivity contribution in [2.24, 2.45) is 5.73 Å². The summed E-state index contributed by atoms with van der Waals surface area (Å²) in [6, 6.07) is 0. The van der Waals surface area contributed by atoms with Crippen molar-refractivity contribution >= 4 is 16.9 Å². The van der Waals surface area contributed by atoms with Gasteiger partial charge in [0.2, 0.25) is 0 Å². The highest BCUT2D eigenvalue weighted by Crippen LogP contribution is 2.20. The van der Waals surface area contributed by atoms with Gasteiger partial charge in [-0.25, -0.2) is 14.6 Å². The highest BCUT2D eigenvalue weighted by atomic mass is 15.3. The molecule has 0 bridgehead atoms. The van der Waals surface area contributed by atoms with Gasteiger partial charge < -0.3 is 10.6 Å². The van der Waals surface area contributed by atoms with Gasteiger partial charge in [0.15, 0.2) is 5.65 Å². The predicted octanol–water partition coefficient (Wildman–Crippen LogP) is -0.149. The maximum atomic E-state index is 5.49. The maximum absolute atomic E-state index is 5.49. The highest BCUT2D eigenvalue weighted by molar-refractivity contribution is 5.86. The van der Waals surface area contributed by atoms with E-state index in [0.717, 1.165) is 16.9 Å². The molecule has 6 heteroatoms. The third-order valence-corrected chi connectivity index (χ3v) is 2.18. The summed E-state index contributed by atoms with van der Waals surface area (Å²) in [5.74, 6) is 0.878. The molecule has 0 saturated carbocycles. The van der Waals surface area contributed by atoms with E-state index in [0.29, 0.717) is 13.1 Å². The van der Waals surface area contributed by atoms with Gasteiger partial charge in [-0.2, -0.15) is 5.10 Å². The Morgan fingerprint density at radius 1 is 1.40 bits per heavy atom. The summed E-state index contributed by atoms with van der Waals surface area (Å²) in [5, 5.41) is 5.19. The molecule has 0 aromatic carbocycles. The first-order valence-corrected chi connectivity index (χ1v) is 4.78. The van der Waals surface area contributed by atoms with Crippen molar-refractivity contribution < 1.29 is 0 Å². The van der Waals surface area contributed by atoms with Gasteiger partial charge in [0.05, 0.1) is 18.1 Å². The average Bonchev–Trinajstić information content (AvgIpc) is 2.62. The molecule has 0 fully saturated rings. The molecular weight excluding hydrogens is 192 g/mol. The van der Waals surface area contributed by atoms with Gasteiger partial charge in [0.25, 0.3) is 0 Å². The minimum Gasteiger partial charge on any atom is -0.362 e. The molecule has 0 aliphatic carbocycles. The van der Waals surface area contributed by atoms with Gasteiger partial charge in [0, 0.05) is 20.6 Å². The lowest BCUT2D eigenvalue weighted by molar-refractivity contribution is 0.640. The number of aromatic nitrogens is 4. The SMILES string of the molecule is CN(C)c1ncnc2c1cnn2CCN. The van der Waals surface area contributed by atoms with Crippen LogP contribution in [0.4, 0.5) is 5.82 Å². The maximum Gasteiger partial charge on any atom is 0.163 e. The molecule has 0 aliphatic heterocycles. The van der Waals surface area contributed by atoms with Crippen LogP contribution in [0.25, 0.3) is 11.0 Å². The zero-order valence-corrected chi connectivity index (χ0v) is 8.88. The van der Waals surface area contributed by atoms with Crippen LogP contribution in [0.5, 0.6) is 0 Å². The van der Waals surface area contributed by atoms with E-state index in [1.165, 1.54) is 0 Å². The van der Waals surface area contributed by atoms with Crippen LogP contribution in [-0.4, -0.2) is 40.4 Å². The summed E-state index contributed by atoms with van der Waals surface area (Å²) in [6.07, 6.45) is 3.33. The number of nitrogens with zero attached hydrogens (tertiary/aromatic N) is 5. The van der Waals surface area contributed by atoms with E-state index in [9.17, 15) is 0 Å². The average molecular weight is 206 g/mol. The standard InChI is InChI=1S/C9H14N6/c1-14(2)8-7-5-13-15(4-3-10)9(7)12-6-11-8/h5-6H,3-4,10H2,1-2H3. The third kappa shape index (κ3) is 1.63. The Bertz CT molecular complexity index is 461. The zero-order valence-electron chi connectivity index (χ0n) is 8.88. The lowest BCUT2D eigenvalue weighted by Crippen LogP contribution is -2.13. The molecule has 0 aliphatic rings. The van der Waals surface area contributed by atoms with Crippen molar-refractivity contribution in [3.8, 4) is 0 Å². The van der Waals surface area contributed by atoms with Crippen LogP contribution in [0.3, 0.4) is 0 Å². The first-order valence-electron chi connectivity index (χ1n) is 4.78. The van der Waals surface area contributed by atoms with Gasteiger partial charge in [0.1, 0.15) is 12.1 Å². The van der Waals surface area contributed by atoms with Crippen LogP contribution in [0.1, 0.15) is 0 Å². The number of rotatable bonds is 3. The van der Waals surface area contributed by atoms with Crippen LogP contribution in [0.15, 0.2) is 12.5 Å². The van der Waals surface area contributed by atoms with Crippen molar-refractivity contribution in [3.05, 3.63) is 12.5 Å². The van der Waals surface area contributed by atoms with Crippen LogP contribution >= 0.6 is 0 Å². The second-order valence-corrected chi connectivity index (χ2v) is 3.49. The van der Waals surface area contributed by atoms with Crippen LogP contribution < -0.4 is 10.6 Å². The molecule has 0 spiro atoms. The van der Waals surface area contributed by atoms with Crippen molar-refractivity contribution in [2.75, 3.05) is 25.5 Å². The van der Waals surface area contributed by atoms with Gasteiger partial charge >= 0.3 is 0 Å². The Balaban J connectivity index is 2.58. The molecular formula is C9H14N6. The molecule has 2 heterocycles. The normalized spacial score (nSPS) is 10.9. The van der Waals surface area contributed by atoms with E-state index in [4.69, 9.17) is 5.73 Å². The number of fused-ring (bicyclic) bond motifs is 1. The molecule has 0 atom stereocenters. The van der Waals surface area contributed by atoms with Crippen molar-refractivity contribution in [2.45, 2.75) is 6.54 Å². The molecule has 2 rings (SSSR count). The second-order valence-electron chi connectivity index (χ2n) is 3.49. The highest BCUT2D eigenvalue weighted by Gasteiger charge is 2.09. The largest absolute Gasteiger partial charge is 0.362 e. The van der Waals surface area contributed by atoms with E-state index in [1.807, 2.05) is 19.0 Å². The molecule has 2 aromatic heterocycles. The van der Waals surface area contributed by atoms with Crippen LogP contribution in [-0.2, 0) is 6.54 Å². The molecule has 0 radical (unpaired) electrons. The molecule has 15 heavy (non-hydrogen) atoms. The predicted molar refractivity (Wildman–Crippen MR) is 58.7 cm³/mol. The molecule has 0 saturated heterocycles. The van der Waals surface area contributed by atoms with Crippen molar-refractivity contribution in [1.29, 1.82) is 0 Å². The topological polar surface area (TPSA) is 72.9 Å². The van der Waals surface area contributed by atoms with Gasteiger partial charge in [-0.1, -0.05) is 0 Å². The minimum atomic E-state index is 0.554. The minimum absolute atomic E-state index is 0.554. The molecule has 80 valence electrons. The number of nitrogens with two attached hydrogens (primary N) is 1. The summed E-state index contributed by atoms with van der Waals surface area (Å²) in [7, 11) is 3.89. The number of anilines is 1. The zero-order chi connectivity index (χ0) is 10.8. The van der Waals surface area contributed by atoms with Crippen molar-refractivity contribution in [1.82, 2.24) is 19.7 Å². The quantitative estimate of drug-likeness (QED) is 0.756. The van der Waals surface area contributed by atoms with Crippen LogP contribution in [0.2, 0.25) is 0 Å². The Morgan fingerprint density at radius 3 is 2.87 bits per heavy atom. The summed E-state index contributed by atoms with van der Waals surface area (Å²) in [6.45, 7) is 1.23. The van der Waals surface area contributed by atoms with Crippen LogP contribution in [0, 0.1) is 0 Å². The van der Waals surface area contributed by atoms with E-state index < -0.39 is 0 Å². The van der Waals surface area contributed by atoms with E-state index >= 15 is 0 Å². The number of hydrogen-bond donors (Lipinski definition) is 1. The molecule has 0 amide bonds. The summed E-state index contributed by atoms with van der Waals surface area (Å²) < 4.78 is 1.80. The summed E-state index contributed by atoms with van der Waals surface area (Å²) in [4.78, 5) is 10.4. The first-order chi connectivity index (χ1) is 7.24. The fourth-order valence-corrected chi connectivity index (χ4v) is 1.52. The molecule has 2 aromatic rings. The first kappa shape index (κ1) is 9.85. The molecule has 6 nitrogen and oxygen atoms in total. The van der Waals surface area contributed by atoms with Gasteiger partial charge in [-0.05, 0) is 0 Å². The van der Waals surface area contributed by atoms with E-state index in [1.54, 1.807) is 17.2 Å². The molecule has 2 N–H and O–H groups in total. The fourth-order valence-electron chi connectivity index (χ4n) is 1.52. The summed E-state index contributed by atoms with van der Waals surface area (Å²) in [5.41, 5.74) is 6.33. The van der Waals surface area contributed by atoms with E-state index in [-0.39, 0.29) is 0 Å². The Labute approximate surface area is 87.7 Å². The Hall–Kier alpha value is -1.69. The Kier molecular flexibility index (Phi) is 2.51. The monoisotopic (exact) mass is 206 g/mol. The smallest absolute Gasteiger partial charge is 0.163 e. The van der Waals surface area contributed by atoms with Crippen molar-refractivity contribution in [3.63, 3.8) is 0 Å². The lowest BCUT2D eigenvalue weighted by atomic mass is 10.4. The lowest BCUT2D eigenvalue weighted by Gasteiger charge is -2.11. The second kappa shape index (κ2) is 3.82. The van der Waals surface area contributed by atoms with Gasteiger partial charge in [-0.3, -0.25) is 0 Å². The number of hydrogen-bond acceptors (Lipinski definition) is 5. The van der Waals surface area contributed by atoms with E-state index in [2.05, 4.69) is 15.1 Å². The fraction of sp³-hybridized carbons (Fsp3) is 0.444.